The lowest BCUT2D eigenvalue weighted by molar-refractivity contribution is -0.142. The molecule has 1 heterocycles. The van der Waals surface area contributed by atoms with E-state index in [4.69, 9.17) is 9.26 Å². The van der Waals surface area contributed by atoms with Gasteiger partial charge in [0.1, 0.15) is 17.5 Å². The van der Waals surface area contributed by atoms with Gasteiger partial charge in [0, 0.05) is 6.54 Å². The largest absolute Gasteiger partial charge is 0.480 e. The zero-order valence-corrected chi connectivity index (χ0v) is 17.0. The third-order valence-electron chi connectivity index (χ3n) is 4.62. The van der Waals surface area contributed by atoms with Crippen molar-refractivity contribution < 1.29 is 23.7 Å². The smallest absolute Gasteiger partial charge is 0.321 e. The van der Waals surface area contributed by atoms with Crippen LogP contribution in [0.1, 0.15) is 26.7 Å². The van der Waals surface area contributed by atoms with E-state index in [-0.39, 0.29) is 5.92 Å². The average Bonchev–Trinajstić information content (AvgIpc) is 2.68. The molecule has 2 aromatic carbocycles. The van der Waals surface area contributed by atoms with Gasteiger partial charge in [-0.05, 0) is 55.2 Å². The highest BCUT2D eigenvalue weighted by Gasteiger charge is 2.43. The van der Waals surface area contributed by atoms with Crippen LogP contribution in [0.15, 0.2) is 54.6 Å². The standard InChI is InChI=1S/C21H26NO5P/c1-16(2)15-20(21(23)24)22-13-6-14-26-28(22,25)19-11-9-18(10-12-19)27-17-7-4-3-5-8-17/h3-5,7-12,16,20H,6,13-15H2,1-2H3,(H,23,24)/t20-,28?/m1/s1. The van der Waals surface area contributed by atoms with Gasteiger partial charge in [-0.1, -0.05) is 32.0 Å². The molecule has 0 bridgehead atoms. The molecule has 1 unspecified atom stereocenters. The second-order valence-electron chi connectivity index (χ2n) is 7.26. The molecule has 3 rings (SSSR count). The van der Waals surface area contributed by atoms with E-state index in [1.54, 1.807) is 28.9 Å². The number of rotatable bonds is 7. The summed E-state index contributed by atoms with van der Waals surface area (Å²) in [6.45, 7) is 4.70. The van der Waals surface area contributed by atoms with Crippen molar-refractivity contribution in [2.24, 2.45) is 5.92 Å². The number of hydrogen-bond donors (Lipinski definition) is 1. The maximum Gasteiger partial charge on any atom is 0.321 e. The minimum Gasteiger partial charge on any atom is -0.480 e. The van der Waals surface area contributed by atoms with Crippen LogP contribution in [0.3, 0.4) is 0 Å². The Morgan fingerprint density at radius 3 is 2.39 bits per heavy atom. The third-order valence-corrected chi connectivity index (χ3v) is 7.26. The first-order chi connectivity index (χ1) is 13.4. The lowest BCUT2D eigenvalue weighted by atomic mass is 10.0. The SMILES string of the molecule is CC(C)C[C@H](C(=O)O)N1CCCOP1(=O)c1ccc(Oc2ccccc2)cc1. The van der Waals surface area contributed by atoms with Gasteiger partial charge < -0.3 is 14.4 Å². The molecule has 2 aromatic rings. The van der Waals surface area contributed by atoms with E-state index in [1.807, 2.05) is 44.2 Å². The van der Waals surface area contributed by atoms with Crippen LogP contribution in [-0.4, -0.2) is 34.9 Å². The van der Waals surface area contributed by atoms with Crippen LogP contribution in [0.2, 0.25) is 0 Å². The number of hydrogen-bond acceptors (Lipinski definition) is 4. The van der Waals surface area contributed by atoms with Crippen molar-refractivity contribution in [3.8, 4) is 11.5 Å². The molecule has 0 aromatic heterocycles. The molecule has 0 saturated carbocycles. The van der Waals surface area contributed by atoms with Gasteiger partial charge in [-0.25, -0.2) is 4.67 Å². The average molecular weight is 403 g/mol. The fourth-order valence-electron chi connectivity index (χ4n) is 3.31. The summed E-state index contributed by atoms with van der Waals surface area (Å²) in [4.78, 5) is 11.9. The minimum atomic E-state index is -3.45. The lowest BCUT2D eigenvalue weighted by Crippen LogP contribution is -2.45. The summed E-state index contributed by atoms with van der Waals surface area (Å²) in [6.07, 6.45) is 1.07. The number of ether oxygens (including phenoxy) is 1. The van der Waals surface area contributed by atoms with Gasteiger partial charge >= 0.3 is 13.5 Å². The van der Waals surface area contributed by atoms with Crippen LogP contribution < -0.4 is 10.0 Å². The Labute approximate surface area is 165 Å². The fraction of sp³-hybridized carbons (Fsp3) is 0.381. The van der Waals surface area contributed by atoms with Crippen molar-refractivity contribution in [1.82, 2.24) is 4.67 Å². The molecule has 6 nitrogen and oxygen atoms in total. The van der Waals surface area contributed by atoms with Gasteiger partial charge in [0.25, 0.3) is 0 Å². The first-order valence-electron chi connectivity index (χ1n) is 9.48. The topological polar surface area (TPSA) is 76.1 Å². The maximum atomic E-state index is 13.8. The summed E-state index contributed by atoms with van der Waals surface area (Å²) in [7, 11) is -3.45. The number of carboxylic acid groups (broad SMARTS) is 1. The molecule has 1 saturated heterocycles. The van der Waals surface area contributed by atoms with Crippen LogP contribution in [0, 0.1) is 5.92 Å². The van der Waals surface area contributed by atoms with Crippen molar-refractivity contribution in [2.75, 3.05) is 13.2 Å². The summed E-state index contributed by atoms with van der Waals surface area (Å²) in [5.74, 6) is 0.518. The molecule has 1 fully saturated rings. The summed E-state index contributed by atoms with van der Waals surface area (Å²) in [5.41, 5.74) is 0. The van der Waals surface area contributed by atoms with Gasteiger partial charge in [-0.15, -0.1) is 0 Å². The summed E-state index contributed by atoms with van der Waals surface area (Å²) >= 11 is 0. The van der Waals surface area contributed by atoms with E-state index in [0.717, 1.165) is 0 Å². The van der Waals surface area contributed by atoms with Crippen LogP contribution in [-0.2, 0) is 13.9 Å². The number of benzene rings is 2. The Kier molecular flexibility index (Phi) is 6.55. The van der Waals surface area contributed by atoms with Crippen LogP contribution in [0.25, 0.3) is 0 Å². The van der Waals surface area contributed by atoms with Crippen molar-refractivity contribution in [3.05, 3.63) is 54.6 Å². The van der Waals surface area contributed by atoms with Crippen LogP contribution in [0.5, 0.6) is 11.5 Å². The van der Waals surface area contributed by atoms with Gasteiger partial charge in [-0.3, -0.25) is 9.36 Å². The van der Waals surface area contributed by atoms with E-state index in [9.17, 15) is 14.5 Å². The molecule has 1 aliphatic rings. The molecule has 28 heavy (non-hydrogen) atoms. The molecule has 0 spiro atoms. The molecule has 0 aliphatic carbocycles. The maximum absolute atomic E-state index is 13.8. The van der Waals surface area contributed by atoms with Crippen LogP contribution >= 0.6 is 7.52 Å². The highest BCUT2D eigenvalue weighted by atomic mass is 31.2. The van der Waals surface area contributed by atoms with Crippen molar-refractivity contribution >= 4 is 18.8 Å². The van der Waals surface area contributed by atoms with Crippen molar-refractivity contribution in [3.63, 3.8) is 0 Å². The van der Waals surface area contributed by atoms with Gasteiger partial charge in [0.2, 0.25) is 0 Å². The molecular weight excluding hydrogens is 377 g/mol. The predicted octanol–water partition coefficient (Wildman–Crippen LogP) is 4.52. The Morgan fingerprint density at radius 2 is 1.79 bits per heavy atom. The molecule has 1 aliphatic heterocycles. The van der Waals surface area contributed by atoms with E-state index in [0.29, 0.717) is 42.8 Å². The molecule has 1 N–H and O–H groups in total. The number of carbonyl (C=O) groups is 1. The van der Waals surface area contributed by atoms with Crippen molar-refractivity contribution in [2.45, 2.75) is 32.7 Å². The second kappa shape index (κ2) is 8.91. The van der Waals surface area contributed by atoms with E-state index in [2.05, 4.69) is 0 Å². The van der Waals surface area contributed by atoms with Gasteiger partial charge in [0.05, 0.1) is 11.9 Å². The molecular formula is C21H26NO5P. The Hall–Kier alpha value is -2.14. The number of aliphatic carboxylic acids is 1. The van der Waals surface area contributed by atoms with Gasteiger partial charge in [0.15, 0.2) is 0 Å². The number of carboxylic acids is 1. The van der Waals surface area contributed by atoms with E-state index >= 15 is 0 Å². The zero-order valence-electron chi connectivity index (χ0n) is 16.2. The number of nitrogens with zero attached hydrogens (tertiary/aromatic N) is 1. The normalized spacial score (nSPS) is 21.4. The molecule has 7 heteroatoms. The second-order valence-corrected chi connectivity index (χ2v) is 9.59. The first kappa shape index (κ1) is 20.6. The Bertz CT molecular complexity index is 838. The minimum absolute atomic E-state index is 0.165. The summed E-state index contributed by atoms with van der Waals surface area (Å²) in [5, 5.41) is 10.2. The zero-order chi connectivity index (χ0) is 20.1. The van der Waals surface area contributed by atoms with E-state index in [1.165, 1.54) is 0 Å². The highest BCUT2D eigenvalue weighted by Crippen LogP contribution is 2.54. The quantitative estimate of drug-likeness (QED) is 0.685. The molecule has 0 amide bonds. The van der Waals surface area contributed by atoms with Crippen molar-refractivity contribution in [1.29, 1.82) is 0 Å². The third kappa shape index (κ3) is 4.64. The van der Waals surface area contributed by atoms with E-state index < -0.39 is 19.5 Å². The first-order valence-corrected chi connectivity index (χ1v) is 11.1. The monoisotopic (exact) mass is 403 g/mol. The highest BCUT2D eigenvalue weighted by molar-refractivity contribution is 7.64. The number of para-hydroxylation sites is 1. The van der Waals surface area contributed by atoms with Crippen LogP contribution in [0.4, 0.5) is 0 Å². The summed E-state index contributed by atoms with van der Waals surface area (Å²) in [6, 6.07) is 15.4. The lowest BCUT2D eigenvalue weighted by Gasteiger charge is -2.39. The molecule has 0 radical (unpaired) electrons. The predicted molar refractivity (Wildman–Crippen MR) is 108 cm³/mol. The Morgan fingerprint density at radius 1 is 1.14 bits per heavy atom. The Balaban J connectivity index is 1.86. The fourth-order valence-corrected chi connectivity index (χ4v) is 5.77. The summed E-state index contributed by atoms with van der Waals surface area (Å²) < 4.78 is 26.8. The van der Waals surface area contributed by atoms with Gasteiger partial charge in [-0.2, -0.15) is 0 Å². The molecule has 150 valence electrons. The molecule has 2 atom stereocenters.